The summed E-state index contributed by atoms with van der Waals surface area (Å²) in [4.78, 5) is 74.8. The van der Waals surface area contributed by atoms with Gasteiger partial charge in [-0.05, 0) is 54.9 Å². The predicted molar refractivity (Wildman–Crippen MR) is 193 cm³/mol. The second kappa shape index (κ2) is 20.6. The van der Waals surface area contributed by atoms with Crippen LogP contribution in [0.3, 0.4) is 0 Å². The number of anilines is 1. The van der Waals surface area contributed by atoms with Gasteiger partial charge in [0.1, 0.15) is 18.7 Å². The van der Waals surface area contributed by atoms with E-state index in [9.17, 15) is 33.4 Å². The summed E-state index contributed by atoms with van der Waals surface area (Å²) < 4.78 is 18.7. The van der Waals surface area contributed by atoms with Crippen molar-refractivity contribution < 1.29 is 43.3 Å². The Morgan fingerprint density at radius 3 is 1.92 bits per heavy atom. The number of rotatable bonds is 20. The van der Waals surface area contributed by atoms with Crippen molar-refractivity contribution in [3.8, 4) is 0 Å². The fraction of sp³-hybridized carbons (Fsp3) is 0.378. The first-order chi connectivity index (χ1) is 24.3. The van der Waals surface area contributed by atoms with Gasteiger partial charge in [0.2, 0.25) is 25.1 Å². The Hall–Kier alpha value is -5.00. The Kier molecular flexibility index (Phi) is 16.3. The third kappa shape index (κ3) is 15.6. The summed E-state index contributed by atoms with van der Waals surface area (Å²) in [7, 11) is -4.25. The lowest BCUT2D eigenvalue weighted by Gasteiger charge is -2.25. The predicted octanol–water partition coefficient (Wildman–Crippen LogP) is 4.91. The van der Waals surface area contributed by atoms with Gasteiger partial charge in [-0.15, -0.1) is 0 Å². The fourth-order valence-electron chi connectivity index (χ4n) is 5.21. The van der Waals surface area contributed by atoms with Crippen molar-refractivity contribution in [2.24, 2.45) is 11.8 Å². The molecule has 4 atom stereocenters. The molecule has 14 heteroatoms. The molecule has 2 unspecified atom stereocenters. The lowest BCUT2D eigenvalue weighted by atomic mass is 9.98. The zero-order valence-corrected chi connectivity index (χ0v) is 29.7. The smallest absolute Gasteiger partial charge is 0.408 e. The van der Waals surface area contributed by atoms with Crippen molar-refractivity contribution >= 4 is 42.8 Å². The maximum Gasteiger partial charge on any atom is 0.408 e. The Morgan fingerprint density at radius 1 is 0.745 bits per heavy atom. The van der Waals surface area contributed by atoms with Crippen molar-refractivity contribution in [2.75, 3.05) is 17.8 Å². The molecule has 0 fully saturated rings. The van der Waals surface area contributed by atoms with Gasteiger partial charge in [-0.3, -0.25) is 23.7 Å². The van der Waals surface area contributed by atoms with Gasteiger partial charge < -0.3 is 36.0 Å². The standard InChI is InChI=1S/C37H47N4O9P/c1-26(2)22-32(36(46)39-30-16-10-5-11-17-30)40-34(44)29(19-18-27-12-6-3-7-13-27)24-51(48,49)25-38-35(45)31(20-21-33(42)43)41-37(47)50-23-28-14-8-4-9-15-28/h3-17,26,29,31-32H,18-25H2,1-2H3,(H,38,45)(H,39,46)(H,40,44)(H,41,47)(H,42,43)(H,48,49)/t29?,31-,32-/m0/s1. The quantitative estimate of drug-likeness (QED) is 0.0877. The minimum absolute atomic E-state index is 0.0389. The molecule has 3 aromatic rings. The first kappa shape index (κ1) is 40.4. The van der Waals surface area contributed by atoms with Crippen LogP contribution in [0.5, 0.6) is 0 Å². The van der Waals surface area contributed by atoms with E-state index in [0.29, 0.717) is 24.1 Å². The van der Waals surface area contributed by atoms with Crippen LogP contribution in [-0.4, -0.2) is 64.3 Å². The van der Waals surface area contributed by atoms with Crippen LogP contribution in [0.2, 0.25) is 0 Å². The number of nitrogens with one attached hydrogen (secondary N) is 4. The monoisotopic (exact) mass is 722 g/mol. The average molecular weight is 723 g/mol. The second-order valence-corrected chi connectivity index (χ2v) is 15.1. The van der Waals surface area contributed by atoms with E-state index < -0.39 is 74.0 Å². The summed E-state index contributed by atoms with van der Waals surface area (Å²) in [5.41, 5.74) is 2.16. The number of hydrogen-bond donors (Lipinski definition) is 6. The molecule has 13 nitrogen and oxygen atoms in total. The van der Waals surface area contributed by atoms with E-state index in [1.807, 2.05) is 50.2 Å². The van der Waals surface area contributed by atoms with Gasteiger partial charge in [-0.1, -0.05) is 92.7 Å². The molecule has 0 radical (unpaired) electrons. The van der Waals surface area contributed by atoms with E-state index in [-0.39, 0.29) is 25.4 Å². The van der Waals surface area contributed by atoms with Crippen molar-refractivity contribution in [1.29, 1.82) is 0 Å². The van der Waals surface area contributed by atoms with Gasteiger partial charge in [0.15, 0.2) is 0 Å². The molecule has 0 heterocycles. The van der Waals surface area contributed by atoms with E-state index in [1.54, 1.807) is 54.6 Å². The molecule has 4 amide bonds. The molecule has 0 saturated carbocycles. The van der Waals surface area contributed by atoms with Gasteiger partial charge >= 0.3 is 12.1 Å². The van der Waals surface area contributed by atoms with E-state index in [1.165, 1.54) is 0 Å². The molecule has 0 aliphatic rings. The van der Waals surface area contributed by atoms with Crippen LogP contribution in [0.25, 0.3) is 0 Å². The summed E-state index contributed by atoms with van der Waals surface area (Å²) in [6, 6.07) is 24.6. The third-order valence-electron chi connectivity index (χ3n) is 7.85. The highest BCUT2D eigenvalue weighted by molar-refractivity contribution is 7.58. The molecule has 274 valence electrons. The molecule has 3 rings (SSSR count). The lowest BCUT2D eigenvalue weighted by Crippen LogP contribution is -2.48. The molecule has 0 bridgehead atoms. The summed E-state index contributed by atoms with van der Waals surface area (Å²) in [6.45, 7) is 3.73. The SMILES string of the molecule is CC(C)C[C@H](NC(=O)C(CCc1ccccc1)CP(=O)(O)CNC(=O)[C@H](CCC(=O)O)NC(=O)OCc1ccccc1)C(=O)Nc1ccccc1. The summed E-state index contributed by atoms with van der Waals surface area (Å²) >= 11 is 0. The highest BCUT2D eigenvalue weighted by Crippen LogP contribution is 2.42. The van der Waals surface area contributed by atoms with Crippen molar-refractivity contribution in [3.63, 3.8) is 0 Å². The zero-order valence-electron chi connectivity index (χ0n) is 28.8. The van der Waals surface area contributed by atoms with Crippen molar-refractivity contribution in [3.05, 3.63) is 102 Å². The van der Waals surface area contributed by atoms with E-state index in [4.69, 9.17) is 9.84 Å². The van der Waals surface area contributed by atoms with Crippen molar-refractivity contribution in [2.45, 2.75) is 64.6 Å². The van der Waals surface area contributed by atoms with Gasteiger partial charge in [0, 0.05) is 24.2 Å². The Balaban J connectivity index is 1.70. The number of aliphatic carboxylic acids is 1. The topological polar surface area (TPSA) is 200 Å². The number of amides is 4. The Labute approximate surface area is 298 Å². The number of hydrogen-bond acceptors (Lipinski definition) is 7. The van der Waals surface area contributed by atoms with Crippen LogP contribution < -0.4 is 21.3 Å². The third-order valence-corrected chi connectivity index (χ3v) is 9.51. The number of carbonyl (C=O) groups is 5. The minimum Gasteiger partial charge on any atom is -0.481 e. The zero-order chi connectivity index (χ0) is 37.2. The maximum absolute atomic E-state index is 13.7. The first-order valence-corrected chi connectivity index (χ1v) is 18.8. The number of carboxylic acids is 1. The Morgan fingerprint density at radius 2 is 1.33 bits per heavy atom. The maximum atomic E-state index is 13.7. The number of ether oxygens (including phenoxy) is 1. The molecule has 0 aliphatic heterocycles. The first-order valence-electron chi connectivity index (χ1n) is 16.8. The summed E-state index contributed by atoms with van der Waals surface area (Å²) in [5.74, 6) is -4.07. The van der Waals surface area contributed by atoms with Gasteiger partial charge in [-0.25, -0.2) is 4.79 Å². The van der Waals surface area contributed by atoms with Crippen LogP contribution in [0.1, 0.15) is 50.7 Å². The van der Waals surface area contributed by atoms with E-state index in [0.717, 1.165) is 5.56 Å². The molecular weight excluding hydrogens is 675 g/mol. The highest BCUT2D eigenvalue weighted by atomic mass is 31.2. The normalized spacial score (nSPS) is 13.9. The van der Waals surface area contributed by atoms with Crippen molar-refractivity contribution in [1.82, 2.24) is 16.0 Å². The molecule has 0 saturated heterocycles. The fourth-order valence-corrected chi connectivity index (χ4v) is 6.78. The minimum atomic E-state index is -4.25. The molecule has 6 N–H and O–H groups in total. The molecular formula is C37H47N4O9P. The van der Waals surface area contributed by atoms with Gasteiger partial charge in [0.05, 0.1) is 6.29 Å². The van der Waals surface area contributed by atoms with E-state index >= 15 is 0 Å². The van der Waals surface area contributed by atoms with Gasteiger partial charge in [-0.2, -0.15) is 0 Å². The molecule has 0 aromatic heterocycles. The second-order valence-electron chi connectivity index (χ2n) is 12.7. The van der Waals surface area contributed by atoms with Crippen LogP contribution in [0, 0.1) is 11.8 Å². The van der Waals surface area contributed by atoms with Gasteiger partial charge in [0.25, 0.3) is 0 Å². The Bertz CT molecular complexity index is 1620. The highest BCUT2D eigenvalue weighted by Gasteiger charge is 2.33. The van der Waals surface area contributed by atoms with Crippen LogP contribution in [0.4, 0.5) is 10.5 Å². The number of aryl methyl sites for hydroxylation is 1. The molecule has 51 heavy (non-hydrogen) atoms. The summed E-state index contributed by atoms with van der Waals surface area (Å²) in [5, 5.41) is 19.4. The van der Waals surface area contributed by atoms with Crippen LogP contribution >= 0.6 is 7.37 Å². The van der Waals surface area contributed by atoms with Crippen LogP contribution in [-0.2, 0) is 41.5 Å². The number of carboxylic acid groups (broad SMARTS) is 1. The summed E-state index contributed by atoms with van der Waals surface area (Å²) in [6.07, 6.45) is -2.08. The molecule has 3 aromatic carbocycles. The number of carbonyl (C=O) groups excluding carboxylic acids is 4. The largest absolute Gasteiger partial charge is 0.481 e. The van der Waals surface area contributed by atoms with E-state index in [2.05, 4.69) is 21.3 Å². The number of alkyl carbamates (subject to hydrolysis) is 1. The number of benzene rings is 3. The number of para-hydroxylation sites is 1. The molecule has 0 spiro atoms. The average Bonchev–Trinajstić information content (AvgIpc) is 3.10. The molecule has 0 aliphatic carbocycles. The van der Waals surface area contributed by atoms with Crippen LogP contribution in [0.15, 0.2) is 91.0 Å². The lowest BCUT2D eigenvalue weighted by molar-refractivity contribution is -0.137.